The number of nitrogens with zero attached hydrogens (tertiary/aromatic N) is 1. The summed E-state index contributed by atoms with van der Waals surface area (Å²) in [5, 5.41) is 6.89. The predicted octanol–water partition coefficient (Wildman–Crippen LogP) is 3.58. The third kappa shape index (κ3) is 4.73. The zero-order valence-electron chi connectivity index (χ0n) is 14.0. The van der Waals surface area contributed by atoms with E-state index in [2.05, 4.69) is 10.5 Å². The molecule has 3 aromatic rings. The maximum absolute atomic E-state index is 11.8. The van der Waals surface area contributed by atoms with E-state index < -0.39 is 0 Å². The van der Waals surface area contributed by atoms with E-state index in [1.165, 1.54) is 0 Å². The Kier molecular flexibility index (Phi) is 5.51. The number of benzene rings is 1. The molecule has 2 aromatic heterocycles. The lowest BCUT2D eigenvalue weighted by atomic mass is 10.1. The van der Waals surface area contributed by atoms with E-state index in [-0.39, 0.29) is 5.91 Å². The molecule has 1 N–H and O–H groups in total. The van der Waals surface area contributed by atoms with Gasteiger partial charge in [-0.05, 0) is 49.2 Å². The summed E-state index contributed by atoms with van der Waals surface area (Å²) in [5.41, 5.74) is 1.78. The van der Waals surface area contributed by atoms with Gasteiger partial charge < -0.3 is 19.0 Å². The molecule has 25 heavy (non-hydrogen) atoms. The first kappa shape index (κ1) is 16.8. The van der Waals surface area contributed by atoms with Crippen molar-refractivity contribution in [2.45, 2.75) is 25.8 Å². The average molecular weight is 340 g/mol. The minimum absolute atomic E-state index is 0.00438. The van der Waals surface area contributed by atoms with Gasteiger partial charge in [0.15, 0.2) is 5.76 Å². The third-order valence-electron chi connectivity index (χ3n) is 3.81. The van der Waals surface area contributed by atoms with E-state index in [1.807, 2.05) is 36.4 Å². The second-order valence-corrected chi connectivity index (χ2v) is 5.62. The number of carbonyl (C=O) groups excluding carboxylic acids is 1. The van der Waals surface area contributed by atoms with Gasteiger partial charge >= 0.3 is 0 Å². The van der Waals surface area contributed by atoms with Crippen LogP contribution in [0.2, 0.25) is 0 Å². The molecule has 0 saturated heterocycles. The lowest BCUT2D eigenvalue weighted by molar-refractivity contribution is -0.121. The van der Waals surface area contributed by atoms with Crippen LogP contribution in [0.3, 0.4) is 0 Å². The summed E-state index contributed by atoms with van der Waals surface area (Å²) in [7, 11) is 1.63. The topological polar surface area (TPSA) is 77.5 Å². The molecule has 0 saturated carbocycles. The summed E-state index contributed by atoms with van der Waals surface area (Å²) in [6, 6.07) is 13.1. The van der Waals surface area contributed by atoms with E-state index in [1.54, 1.807) is 19.4 Å². The maximum Gasteiger partial charge on any atom is 0.220 e. The third-order valence-corrected chi connectivity index (χ3v) is 3.81. The second kappa shape index (κ2) is 8.19. The molecule has 0 radical (unpaired) electrons. The highest BCUT2D eigenvalue weighted by molar-refractivity contribution is 5.75. The molecule has 3 rings (SSSR count). The number of methoxy groups -OCH3 is 1. The summed E-state index contributed by atoms with van der Waals surface area (Å²) in [4.78, 5) is 11.8. The largest absolute Gasteiger partial charge is 0.497 e. The number of amides is 1. The highest BCUT2D eigenvalue weighted by Gasteiger charge is 2.08. The zero-order valence-corrected chi connectivity index (χ0v) is 14.0. The molecule has 1 aromatic carbocycles. The van der Waals surface area contributed by atoms with Gasteiger partial charge in [-0.1, -0.05) is 5.16 Å². The molecule has 0 atom stereocenters. The summed E-state index contributed by atoms with van der Waals surface area (Å²) >= 11 is 0. The highest BCUT2D eigenvalue weighted by Crippen LogP contribution is 2.23. The van der Waals surface area contributed by atoms with Crippen LogP contribution in [-0.4, -0.2) is 18.2 Å². The molecule has 0 aliphatic rings. The number of aromatic nitrogens is 1. The zero-order chi connectivity index (χ0) is 17.5. The van der Waals surface area contributed by atoms with Crippen molar-refractivity contribution in [2.24, 2.45) is 0 Å². The Hall–Kier alpha value is -3.02. The first-order valence-electron chi connectivity index (χ1n) is 8.13. The van der Waals surface area contributed by atoms with Crippen molar-refractivity contribution in [3.8, 4) is 17.1 Å². The number of aryl methyl sites for hydroxylation is 1. The van der Waals surface area contributed by atoms with Crippen molar-refractivity contribution in [1.82, 2.24) is 10.5 Å². The Labute approximate surface area is 145 Å². The molecular formula is C19H20N2O4. The van der Waals surface area contributed by atoms with E-state index in [0.717, 1.165) is 22.8 Å². The molecule has 0 spiro atoms. The van der Waals surface area contributed by atoms with Gasteiger partial charge in [-0.15, -0.1) is 0 Å². The number of nitrogens with one attached hydrogen (secondary N) is 1. The van der Waals surface area contributed by atoms with E-state index in [9.17, 15) is 4.79 Å². The lowest BCUT2D eigenvalue weighted by Crippen LogP contribution is -2.22. The first-order valence-corrected chi connectivity index (χ1v) is 8.13. The molecule has 6 nitrogen and oxygen atoms in total. The molecule has 0 aliphatic carbocycles. The van der Waals surface area contributed by atoms with Crippen LogP contribution in [0.4, 0.5) is 0 Å². The number of furan rings is 1. The SMILES string of the molecule is COc1ccc(-c2cc(CCCC(=O)NCc3ccco3)no2)cc1. The second-order valence-electron chi connectivity index (χ2n) is 5.62. The van der Waals surface area contributed by atoms with E-state index in [0.29, 0.717) is 31.6 Å². The average Bonchev–Trinajstić information content (AvgIpc) is 3.32. The molecule has 2 heterocycles. The van der Waals surface area contributed by atoms with Crippen LogP contribution in [0.25, 0.3) is 11.3 Å². The number of hydrogen-bond donors (Lipinski definition) is 1. The minimum atomic E-state index is -0.00438. The van der Waals surface area contributed by atoms with Gasteiger partial charge in [0.25, 0.3) is 0 Å². The Morgan fingerprint density at radius 3 is 2.80 bits per heavy atom. The van der Waals surface area contributed by atoms with E-state index >= 15 is 0 Å². The molecule has 130 valence electrons. The van der Waals surface area contributed by atoms with Gasteiger partial charge in [-0.3, -0.25) is 4.79 Å². The van der Waals surface area contributed by atoms with Gasteiger partial charge in [0, 0.05) is 18.1 Å². The Balaban J connectivity index is 1.44. The molecule has 0 bridgehead atoms. The van der Waals surface area contributed by atoms with Gasteiger partial charge in [0.2, 0.25) is 5.91 Å². The monoisotopic (exact) mass is 340 g/mol. The number of rotatable bonds is 8. The Bertz CT molecular complexity index is 791. The van der Waals surface area contributed by atoms with E-state index in [4.69, 9.17) is 13.7 Å². The van der Waals surface area contributed by atoms with Gasteiger partial charge in [-0.25, -0.2) is 0 Å². The van der Waals surface area contributed by atoms with Crippen molar-refractivity contribution in [3.63, 3.8) is 0 Å². The van der Waals surface area contributed by atoms with Gasteiger partial charge in [0.1, 0.15) is 11.5 Å². The minimum Gasteiger partial charge on any atom is -0.497 e. The summed E-state index contributed by atoms with van der Waals surface area (Å²) in [5.74, 6) is 2.24. The van der Waals surface area contributed by atoms with Crippen LogP contribution in [0.5, 0.6) is 5.75 Å². The molecular weight excluding hydrogens is 320 g/mol. The molecule has 6 heteroatoms. The normalized spacial score (nSPS) is 10.6. The number of hydrogen-bond acceptors (Lipinski definition) is 5. The van der Waals surface area contributed by atoms with Crippen LogP contribution in [0.15, 0.2) is 57.7 Å². The van der Waals surface area contributed by atoms with Crippen LogP contribution in [0, 0.1) is 0 Å². The molecule has 1 amide bonds. The van der Waals surface area contributed by atoms with Crippen molar-refractivity contribution >= 4 is 5.91 Å². The molecule has 0 aliphatic heterocycles. The van der Waals surface area contributed by atoms with Crippen LogP contribution in [-0.2, 0) is 17.8 Å². The van der Waals surface area contributed by atoms with Crippen LogP contribution in [0.1, 0.15) is 24.3 Å². The smallest absolute Gasteiger partial charge is 0.220 e. The fraction of sp³-hybridized carbons (Fsp3) is 0.263. The van der Waals surface area contributed by atoms with Crippen molar-refractivity contribution in [1.29, 1.82) is 0 Å². The van der Waals surface area contributed by atoms with Crippen molar-refractivity contribution in [3.05, 3.63) is 60.2 Å². The molecule has 0 fully saturated rings. The standard InChI is InChI=1S/C19H20N2O4/c1-23-16-9-7-14(8-10-16)18-12-15(21-25-18)4-2-6-19(22)20-13-17-5-3-11-24-17/h3,5,7-12H,2,4,6,13H2,1H3,(H,20,22). The number of ether oxygens (including phenoxy) is 1. The van der Waals surface area contributed by atoms with Crippen molar-refractivity contribution < 1.29 is 18.5 Å². The Morgan fingerprint density at radius 2 is 2.08 bits per heavy atom. The highest BCUT2D eigenvalue weighted by atomic mass is 16.5. The lowest BCUT2D eigenvalue weighted by Gasteiger charge is -2.02. The summed E-state index contributed by atoms with van der Waals surface area (Å²) in [6.45, 7) is 0.414. The van der Waals surface area contributed by atoms with Gasteiger partial charge in [0.05, 0.1) is 25.6 Å². The predicted molar refractivity (Wildman–Crippen MR) is 92.0 cm³/mol. The molecule has 0 unspecified atom stereocenters. The fourth-order valence-electron chi connectivity index (χ4n) is 2.44. The maximum atomic E-state index is 11.8. The van der Waals surface area contributed by atoms with Crippen LogP contribution < -0.4 is 10.1 Å². The quantitative estimate of drug-likeness (QED) is 0.678. The van der Waals surface area contributed by atoms with Gasteiger partial charge in [-0.2, -0.15) is 0 Å². The fourth-order valence-corrected chi connectivity index (χ4v) is 2.44. The van der Waals surface area contributed by atoms with Crippen LogP contribution >= 0.6 is 0 Å². The Morgan fingerprint density at radius 1 is 1.24 bits per heavy atom. The number of carbonyl (C=O) groups is 1. The summed E-state index contributed by atoms with van der Waals surface area (Å²) in [6.07, 6.45) is 3.42. The summed E-state index contributed by atoms with van der Waals surface area (Å²) < 4.78 is 15.7. The van der Waals surface area contributed by atoms with Crippen molar-refractivity contribution in [2.75, 3.05) is 7.11 Å². The first-order chi connectivity index (χ1) is 12.2.